The second kappa shape index (κ2) is 9.97. The minimum atomic E-state index is -1.40. The molecule has 0 radical (unpaired) electrons. The Bertz CT molecular complexity index is 1070. The van der Waals surface area contributed by atoms with Crippen molar-refractivity contribution in [2.24, 2.45) is 13.0 Å². The first-order valence-corrected chi connectivity index (χ1v) is 11.9. The van der Waals surface area contributed by atoms with E-state index in [1.807, 2.05) is 23.1 Å². The lowest BCUT2D eigenvalue weighted by atomic mass is 9.76. The number of benzene rings is 1. The van der Waals surface area contributed by atoms with Gasteiger partial charge in [0.1, 0.15) is 5.60 Å². The Morgan fingerprint density at radius 2 is 2.12 bits per heavy atom. The van der Waals surface area contributed by atoms with Crippen LogP contribution in [0.25, 0.3) is 0 Å². The molecule has 1 aliphatic heterocycles. The number of hydrogen-bond acceptors (Lipinski definition) is 5. The number of hydrogen-bond donors (Lipinski definition) is 2. The van der Waals surface area contributed by atoms with Crippen LogP contribution in [-0.2, 0) is 35.1 Å². The first kappa shape index (κ1) is 24.0. The molecule has 1 aromatic carbocycles. The number of piperidine rings is 1. The standard InChI is InChI=1S/C25H32ClN3O4/c1-28-11-7-19(14-23(28)30)25(32)9-10-27-15-21(25)24(31)29(20-4-5-20)16-18-13-17(8-12-33-2)3-6-22(18)26/h3,6-7,11,13-14,20-21,27,32H,4-5,8-10,12,15-16H2,1-2H3/t21-,25-/m1/s1. The Kier molecular flexibility index (Phi) is 7.24. The molecule has 2 fully saturated rings. The van der Waals surface area contributed by atoms with Crippen LogP contribution in [0.5, 0.6) is 0 Å². The quantitative estimate of drug-likeness (QED) is 0.614. The smallest absolute Gasteiger partial charge is 0.250 e. The monoisotopic (exact) mass is 473 g/mol. The highest BCUT2D eigenvalue weighted by atomic mass is 35.5. The summed E-state index contributed by atoms with van der Waals surface area (Å²) in [5.41, 5.74) is 0.902. The van der Waals surface area contributed by atoms with Gasteiger partial charge in [0.15, 0.2) is 0 Å². The van der Waals surface area contributed by atoms with Crippen LogP contribution in [0.2, 0.25) is 5.02 Å². The lowest BCUT2D eigenvalue weighted by Crippen LogP contribution is -2.55. The van der Waals surface area contributed by atoms with Crippen LogP contribution in [0.15, 0.2) is 41.3 Å². The van der Waals surface area contributed by atoms with E-state index in [1.165, 1.54) is 10.6 Å². The lowest BCUT2D eigenvalue weighted by Gasteiger charge is -2.42. The molecule has 1 amide bonds. The van der Waals surface area contributed by atoms with Crippen molar-refractivity contribution >= 4 is 17.5 Å². The van der Waals surface area contributed by atoms with Gasteiger partial charge in [-0.1, -0.05) is 23.7 Å². The van der Waals surface area contributed by atoms with Crippen LogP contribution in [-0.4, -0.2) is 53.3 Å². The highest BCUT2D eigenvalue weighted by Gasteiger charge is 2.48. The molecular weight excluding hydrogens is 442 g/mol. The summed E-state index contributed by atoms with van der Waals surface area (Å²) in [4.78, 5) is 28.0. The number of aryl methyl sites for hydroxylation is 1. The van der Waals surface area contributed by atoms with Crippen molar-refractivity contribution in [3.05, 3.63) is 68.6 Å². The number of pyridine rings is 1. The molecule has 8 heteroatoms. The molecule has 0 bridgehead atoms. The molecule has 2 aromatic rings. The molecule has 1 aliphatic carbocycles. The van der Waals surface area contributed by atoms with Crippen molar-refractivity contribution in [3.63, 3.8) is 0 Å². The molecule has 1 saturated carbocycles. The van der Waals surface area contributed by atoms with Crippen molar-refractivity contribution in [2.75, 3.05) is 26.8 Å². The van der Waals surface area contributed by atoms with E-state index in [0.29, 0.717) is 43.2 Å². The highest BCUT2D eigenvalue weighted by Crippen LogP contribution is 2.39. The number of halogens is 1. The highest BCUT2D eigenvalue weighted by molar-refractivity contribution is 6.31. The summed E-state index contributed by atoms with van der Waals surface area (Å²) < 4.78 is 6.65. The zero-order chi connectivity index (χ0) is 23.6. The maximum atomic E-state index is 13.9. The van der Waals surface area contributed by atoms with E-state index in [2.05, 4.69) is 5.32 Å². The Morgan fingerprint density at radius 3 is 2.82 bits per heavy atom. The summed E-state index contributed by atoms with van der Waals surface area (Å²) in [6, 6.07) is 9.22. The van der Waals surface area contributed by atoms with Crippen molar-refractivity contribution in [2.45, 2.75) is 43.9 Å². The number of aromatic nitrogens is 1. The van der Waals surface area contributed by atoms with Gasteiger partial charge in [-0.15, -0.1) is 0 Å². The minimum absolute atomic E-state index is 0.105. The van der Waals surface area contributed by atoms with Gasteiger partial charge >= 0.3 is 0 Å². The molecule has 1 aromatic heterocycles. The van der Waals surface area contributed by atoms with E-state index in [0.717, 1.165) is 30.4 Å². The molecule has 2 N–H and O–H groups in total. The zero-order valence-electron chi connectivity index (χ0n) is 19.2. The molecule has 1 saturated heterocycles. The molecule has 2 heterocycles. The number of nitrogens with one attached hydrogen (secondary N) is 1. The Labute approximate surface area is 199 Å². The Hall–Kier alpha value is -2.19. The number of amides is 1. The lowest BCUT2D eigenvalue weighted by molar-refractivity contribution is -0.150. The van der Waals surface area contributed by atoms with E-state index in [9.17, 15) is 14.7 Å². The van der Waals surface area contributed by atoms with Gasteiger partial charge in [-0.05, 0) is 61.1 Å². The van der Waals surface area contributed by atoms with Crippen molar-refractivity contribution in [3.8, 4) is 0 Å². The predicted octanol–water partition coefficient (Wildman–Crippen LogP) is 2.22. The summed E-state index contributed by atoms with van der Waals surface area (Å²) in [6.07, 6.45) is 4.66. The average Bonchev–Trinajstić information content (AvgIpc) is 3.64. The number of rotatable bonds is 8. The summed E-state index contributed by atoms with van der Waals surface area (Å²) in [7, 11) is 3.34. The third kappa shape index (κ3) is 5.17. The second-order valence-corrected chi connectivity index (χ2v) is 9.57. The van der Waals surface area contributed by atoms with Gasteiger partial charge in [0.05, 0.1) is 12.5 Å². The number of carbonyl (C=O) groups is 1. The van der Waals surface area contributed by atoms with Gasteiger partial charge in [-0.25, -0.2) is 0 Å². The molecule has 178 valence electrons. The van der Waals surface area contributed by atoms with E-state index in [4.69, 9.17) is 16.3 Å². The second-order valence-electron chi connectivity index (χ2n) is 9.16. The molecule has 4 rings (SSSR count). The topological polar surface area (TPSA) is 83.8 Å². The fourth-order valence-corrected chi connectivity index (χ4v) is 4.78. The predicted molar refractivity (Wildman–Crippen MR) is 127 cm³/mol. The van der Waals surface area contributed by atoms with E-state index in [1.54, 1.807) is 26.4 Å². The van der Waals surface area contributed by atoms with Crippen LogP contribution in [0, 0.1) is 5.92 Å². The summed E-state index contributed by atoms with van der Waals surface area (Å²) in [5, 5.41) is 15.6. The fraction of sp³-hybridized carbons (Fsp3) is 0.520. The number of methoxy groups -OCH3 is 1. The van der Waals surface area contributed by atoms with E-state index >= 15 is 0 Å². The molecule has 2 aliphatic rings. The SMILES string of the molecule is COCCc1ccc(Cl)c(CN(C(=O)[C@H]2CNCC[C@@]2(O)c2ccn(C)c(=O)c2)C2CC2)c1. The first-order chi connectivity index (χ1) is 15.8. The van der Waals surface area contributed by atoms with Gasteiger partial charge in [-0.2, -0.15) is 0 Å². The average molecular weight is 474 g/mol. The summed E-state index contributed by atoms with van der Waals surface area (Å²) in [6.45, 7) is 1.94. The van der Waals surface area contributed by atoms with Gasteiger partial charge in [-0.3, -0.25) is 9.59 Å². The van der Waals surface area contributed by atoms with Gasteiger partial charge in [0.25, 0.3) is 5.56 Å². The van der Waals surface area contributed by atoms with Crippen molar-refractivity contribution in [1.82, 2.24) is 14.8 Å². The van der Waals surface area contributed by atoms with Gasteiger partial charge < -0.3 is 24.6 Å². The van der Waals surface area contributed by atoms with Crippen LogP contribution < -0.4 is 10.9 Å². The molecule has 0 unspecified atom stereocenters. The van der Waals surface area contributed by atoms with Crippen LogP contribution >= 0.6 is 11.6 Å². The number of aliphatic hydroxyl groups is 1. The Balaban J connectivity index is 1.62. The van der Waals surface area contributed by atoms with Gasteiger partial charge in [0, 0.05) is 50.6 Å². The first-order valence-electron chi connectivity index (χ1n) is 11.5. The zero-order valence-corrected chi connectivity index (χ0v) is 20.0. The van der Waals surface area contributed by atoms with Crippen LogP contribution in [0.3, 0.4) is 0 Å². The number of nitrogens with zero attached hydrogens (tertiary/aromatic N) is 2. The van der Waals surface area contributed by atoms with Gasteiger partial charge in [0.2, 0.25) is 5.91 Å². The molecule has 7 nitrogen and oxygen atoms in total. The normalized spacial score (nSPS) is 22.8. The van der Waals surface area contributed by atoms with E-state index in [-0.39, 0.29) is 17.5 Å². The molecular formula is C25H32ClN3O4. The summed E-state index contributed by atoms with van der Waals surface area (Å²) in [5.74, 6) is -0.791. The van der Waals surface area contributed by atoms with Crippen molar-refractivity contribution in [1.29, 1.82) is 0 Å². The number of carbonyl (C=O) groups excluding carboxylic acids is 1. The maximum absolute atomic E-state index is 13.9. The molecule has 0 spiro atoms. The summed E-state index contributed by atoms with van der Waals surface area (Å²) >= 11 is 6.51. The Morgan fingerprint density at radius 1 is 1.33 bits per heavy atom. The van der Waals surface area contributed by atoms with E-state index < -0.39 is 11.5 Å². The minimum Gasteiger partial charge on any atom is -0.384 e. The maximum Gasteiger partial charge on any atom is 0.250 e. The third-order valence-corrected chi connectivity index (χ3v) is 7.20. The number of ether oxygens (including phenoxy) is 1. The molecule has 2 atom stereocenters. The molecule has 33 heavy (non-hydrogen) atoms. The van der Waals surface area contributed by atoms with Crippen LogP contribution in [0.4, 0.5) is 0 Å². The van der Waals surface area contributed by atoms with Crippen LogP contribution in [0.1, 0.15) is 36.0 Å². The van der Waals surface area contributed by atoms with Crippen molar-refractivity contribution < 1.29 is 14.6 Å². The fourth-order valence-electron chi connectivity index (χ4n) is 4.60. The third-order valence-electron chi connectivity index (χ3n) is 6.83. The largest absolute Gasteiger partial charge is 0.384 e.